The molecular formula is C23H26N2O4. The Morgan fingerprint density at radius 1 is 1.00 bits per heavy atom. The third-order valence-corrected chi connectivity index (χ3v) is 5.95. The molecule has 0 bridgehead atoms. The maximum Gasteiger partial charge on any atom is 0.411 e. The van der Waals surface area contributed by atoms with Crippen LogP contribution < -0.4 is 5.32 Å². The molecule has 3 atom stereocenters. The maximum atomic E-state index is 12.5. The highest BCUT2D eigenvalue weighted by Gasteiger charge is 2.42. The largest absolute Gasteiger partial charge is 0.481 e. The first-order valence-corrected chi connectivity index (χ1v) is 10.1. The van der Waals surface area contributed by atoms with Crippen LogP contribution in [-0.2, 0) is 9.53 Å². The van der Waals surface area contributed by atoms with Gasteiger partial charge < -0.3 is 14.7 Å². The highest BCUT2D eigenvalue weighted by Crippen LogP contribution is 2.39. The Bertz CT molecular complexity index is 856. The molecule has 152 valence electrons. The molecule has 2 fully saturated rings. The van der Waals surface area contributed by atoms with E-state index in [0.29, 0.717) is 18.4 Å². The number of para-hydroxylation sites is 1. The molecule has 1 saturated carbocycles. The van der Waals surface area contributed by atoms with Crippen LogP contribution in [0, 0.1) is 11.8 Å². The molecule has 6 heteroatoms. The molecule has 2 aromatic carbocycles. The van der Waals surface area contributed by atoms with E-state index in [1.54, 1.807) is 0 Å². The van der Waals surface area contributed by atoms with Crippen molar-refractivity contribution in [2.75, 3.05) is 25.0 Å². The number of carbonyl (C=O) groups is 2. The Labute approximate surface area is 170 Å². The smallest absolute Gasteiger partial charge is 0.411 e. The van der Waals surface area contributed by atoms with Gasteiger partial charge in [-0.2, -0.15) is 0 Å². The van der Waals surface area contributed by atoms with Gasteiger partial charge in [0.05, 0.1) is 12.1 Å². The van der Waals surface area contributed by atoms with E-state index in [4.69, 9.17) is 9.84 Å². The fourth-order valence-corrected chi connectivity index (χ4v) is 4.63. The van der Waals surface area contributed by atoms with Crippen molar-refractivity contribution in [1.29, 1.82) is 0 Å². The van der Waals surface area contributed by atoms with Gasteiger partial charge in [-0.1, -0.05) is 48.5 Å². The standard InChI is InChI=1S/C23H26N2O4/c26-22(27)10-11-25-14-17-12-19(13-18(17)15-25)29-23(28)24-21-9-5-4-8-20(21)16-6-2-1-3-7-16/h1-9,17-19H,10-15H2,(H,24,28)(H,26,27)/t17-,18+,19+. The van der Waals surface area contributed by atoms with Crippen molar-refractivity contribution in [3.8, 4) is 11.1 Å². The van der Waals surface area contributed by atoms with Crippen LogP contribution in [0.2, 0.25) is 0 Å². The number of fused-ring (bicyclic) bond motifs is 1. The van der Waals surface area contributed by atoms with Gasteiger partial charge >= 0.3 is 12.1 Å². The van der Waals surface area contributed by atoms with Gasteiger partial charge in [0.15, 0.2) is 0 Å². The number of carboxylic acids is 1. The molecule has 1 aliphatic heterocycles. The third-order valence-electron chi connectivity index (χ3n) is 5.95. The van der Waals surface area contributed by atoms with Gasteiger partial charge in [0.1, 0.15) is 6.10 Å². The number of rotatable bonds is 6. The zero-order valence-corrected chi connectivity index (χ0v) is 16.3. The van der Waals surface area contributed by atoms with Crippen molar-refractivity contribution >= 4 is 17.7 Å². The van der Waals surface area contributed by atoms with Crippen molar-refractivity contribution in [2.45, 2.75) is 25.4 Å². The van der Waals surface area contributed by atoms with Crippen LogP contribution in [0.15, 0.2) is 54.6 Å². The van der Waals surface area contributed by atoms with Crippen LogP contribution in [-0.4, -0.2) is 47.8 Å². The molecule has 0 aromatic heterocycles. The number of benzene rings is 2. The number of hydrogen-bond donors (Lipinski definition) is 2. The highest BCUT2D eigenvalue weighted by atomic mass is 16.6. The fraction of sp³-hybridized carbons (Fsp3) is 0.391. The lowest BCUT2D eigenvalue weighted by atomic mass is 10.0. The number of carbonyl (C=O) groups excluding carboxylic acids is 1. The number of ether oxygens (including phenoxy) is 1. The van der Waals surface area contributed by atoms with Crippen LogP contribution in [0.4, 0.5) is 10.5 Å². The number of aliphatic carboxylic acids is 1. The van der Waals surface area contributed by atoms with Gasteiger partial charge in [0, 0.05) is 25.2 Å². The molecule has 29 heavy (non-hydrogen) atoms. The van der Waals surface area contributed by atoms with Crippen molar-refractivity contribution < 1.29 is 19.4 Å². The molecule has 2 aliphatic rings. The highest BCUT2D eigenvalue weighted by molar-refractivity contribution is 5.91. The predicted octanol–water partition coefficient (Wildman–Crippen LogP) is 4.09. The van der Waals surface area contributed by atoms with Gasteiger partial charge in [-0.15, -0.1) is 0 Å². The van der Waals surface area contributed by atoms with Crippen molar-refractivity contribution in [2.24, 2.45) is 11.8 Å². The number of nitrogens with one attached hydrogen (secondary N) is 1. The molecule has 1 heterocycles. The number of anilines is 1. The predicted molar refractivity (Wildman–Crippen MR) is 111 cm³/mol. The van der Waals surface area contributed by atoms with E-state index in [-0.39, 0.29) is 12.5 Å². The Kier molecular flexibility index (Phi) is 5.81. The molecule has 1 aliphatic carbocycles. The molecule has 0 radical (unpaired) electrons. The van der Waals surface area contributed by atoms with Crippen LogP contribution in [0.25, 0.3) is 11.1 Å². The van der Waals surface area contributed by atoms with Crippen molar-refractivity contribution in [3.63, 3.8) is 0 Å². The van der Waals surface area contributed by atoms with E-state index in [1.807, 2.05) is 54.6 Å². The number of hydrogen-bond acceptors (Lipinski definition) is 4. The summed E-state index contributed by atoms with van der Waals surface area (Å²) in [6, 6.07) is 17.7. The van der Waals surface area contributed by atoms with E-state index in [9.17, 15) is 9.59 Å². The number of amides is 1. The lowest BCUT2D eigenvalue weighted by Crippen LogP contribution is -2.27. The third kappa shape index (κ3) is 4.77. The van der Waals surface area contributed by atoms with E-state index in [2.05, 4.69) is 10.2 Å². The van der Waals surface area contributed by atoms with Gasteiger partial charge in [-0.3, -0.25) is 10.1 Å². The average molecular weight is 394 g/mol. The first-order chi connectivity index (χ1) is 14.1. The van der Waals surface area contributed by atoms with E-state index in [0.717, 1.165) is 42.7 Å². The lowest BCUT2D eigenvalue weighted by molar-refractivity contribution is -0.137. The zero-order chi connectivity index (χ0) is 20.2. The van der Waals surface area contributed by atoms with Gasteiger partial charge in [-0.05, 0) is 36.3 Å². The van der Waals surface area contributed by atoms with Gasteiger partial charge in [-0.25, -0.2) is 4.79 Å². The molecule has 2 N–H and O–H groups in total. The maximum absolute atomic E-state index is 12.5. The molecule has 6 nitrogen and oxygen atoms in total. The number of nitrogens with zero attached hydrogens (tertiary/aromatic N) is 1. The quantitative estimate of drug-likeness (QED) is 0.772. The van der Waals surface area contributed by atoms with E-state index in [1.165, 1.54) is 0 Å². The average Bonchev–Trinajstić information content (AvgIpc) is 3.25. The van der Waals surface area contributed by atoms with Gasteiger partial charge in [0.2, 0.25) is 0 Å². The summed E-state index contributed by atoms with van der Waals surface area (Å²) in [5, 5.41) is 11.7. The Morgan fingerprint density at radius 2 is 1.66 bits per heavy atom. The lowest BCUT2D eigenvalue weighted by Gasteiger charge is -2.19. The van der Waals surface area contributed by atoms with Crippen LogP contribution >= 0.6 is 0 Å². The summed E-state index contributed by atoms with van der Waals surface area (Å²) in [4.78, 5) is 25.5. The SMILES string of the molecule is O=C(O)CCN1C[C@H]2C[C@H](OC(=O)Nc3ccccc3-c3ccccc3)C[C@H]2C1. The Hall–Kier alpha value is -2.86. The summed E-state index contributed by atoms with van der Waals surface area (Å²) in [7, 11) is 0. The van der Waals surface area contributed by atoms with Crippen LogP contribution in [0.3, 0.4) is 0 Å². The minimum absolute atomic E-state index is 0.0736. The van der Waals surface area contributed by atoms with Crippen molar-refractivity contribution in [1.82, 2.24) is 4.90 Å². The Morgan fingerprint density at radius 3 is 2.34 bits per heavy atom. The Balaban J connectivity index is 1.31. The zero-order valence-electron chi connectivity index (χ0n) is 16.3. The summed E-state index contributed by atoms with van der Waals surface area (Å²) in [5.74, 6) is 0.215. The second kappa shape index (κ2) is 8.66. The van der Waals surface area contributed by atoms with Crippen LogP contribution in [0.5, 0.6) is 0 Å². The molecule has 1 saturated heterocycles. The molecule has 0 unspecified atom stereocenters. The topological polar surface area (TPSA) is 78.9 Å². The molecule has 0 spiro atoms. The summed E-state index contributed by atoms with van der Waals surface area (Å²) in [6.07, 6.45) is 1.39. The second-order valence-corrected chi connectivity index (χ2v) is 7.96. The van der Waals surface area contributed by atoms with Gasteiger partial charge in [0.25, 0.3) is 0 Å². The van der Waals surface area contributed by atoms with E-state index < -0.39 is 12.1 Å². The number of likely N-dealkylation sites (tertiary alicyclic amines) is 1. The first-order valence-electron chi connectivity index (χ1n) is 10.1. The monoisotopic (exact) mass is 394 g/mol. The normalized spacial score (nSPS) is 23.5. The summed E-state index contributed by atoms with van der Waals surface area (Å²) >= 11 is 0. The minimum Gasteiger partial charge on any atom is -0.481 e. The van der Waals surface area contributed by atoms with E-state index >= 15 is 0 Å². The molecular weight excluding hydrogens is 368 g/mol. The second-order valence-electron chi connectivity index (χ2n) is 7.96. The number of carboxylic acid groups (broad SMARTS) is 1. The summed E-state index contributed by atoms with van der Waals surface area (Å²) in [6.45, 7) is 2.40. The summed E-state index contributed by atoms with van der Waals surface area (Å²) in [5.41, 5.74) is 2.74. The minimum atomic E-state index is -0.754. The van der Waals surface area contributed by atoms with Crippen molar-refractivity contribution in [3.05, 3.63) is 54.6 Å². The first kappa shape index (κ1) is 19.5. The fourth-order valence-electron chi connectivity index (χ4n) is 4.63. The molecule has 2 aromatic rings. The van der Waals surface area contributed by atoms with Crippen LogP contribution in [0.1, 0.15) is 19.3 Å². The molecule has 1 amide bonds. The molecule has 4 rings (SSSR count). The summed E-state index contributed by atoms with van der Waals surface area (Å²) < 4.78 is 5.71.